The molecule has 15 heavy (non-hydrogen) atoms. The van der Waals surface area contributed by atoms with Crippen molar-refractivity contribution in [3.63, 3.8) is 0 Å². The summed E-state index contributed by atoms with van der Waals surface area (Å²) in [4.78, 5) is 0. The Morgan fingerprint density at radius 3 is 2.60 bits per heavy atom. The van der Waals surface area contributed by atoms with Crippen LogP contribution in [0.5, 0.6) is 5.75 Å². The summed E-state index contributed by atoms with van der Waals surface area (Å²) in [6.07, 6.45) is 0.753. The lowest BCUT2D eigenvalue weighted by Crippen LogP contribution is -2.34. The number of halogens is 1. The molecule has 84 valence electrons. The lowest BCUT2D eigenvalue weighted by molar-refractivity contribution is 0.333. The van der Waals surface area contributed by atoms with Gasteiger partial charge < -0.3 is 10.5 Å². The highest BCUT2D eigenvalue weighted by molar-refractivity contribution is 6.30. The molecule has 0 aliphatic rings. The smallest absolute Gasteiger partial charge is 0.122 e. The van der Waals surface area contributed by atoms with Crippen LogP contribution in [0.2, 0.25) is 5.02 Å². The van der Waals surface area contributed by atoms with E-state index in [1.165, 1.54) is 0 Å². The second-order valence-electron chi connectivity index (χ2n) is 4.35. The minimum absolute atomic E-state index is 0.253. The highest BCUT2D eigenvalue weighted by Gasteiger charge is 2.15. The van der Waals surface area contributed by atoms with Gasteiger partial charge in [-0.05, 0) is 51.0 Å². The van der Waals surface area contributed by atoms with Crippen molar-refractivity contribution in [3.05, 3.63) is 28.8 Å². The van der Waals surface area contributed by atoms with E-state index in [1.807, 2.05) is 39.0 Å². The van der Waals surface area contributed by atoms with E-state index in [9.17, 15) is 0 Å². The summed E-state index contributed by atoms with van der Waals surface area (Å²) >= 11 is 5.95. The predicted octanol–water partition coefficient (Wildman–Crippen LogP) is 3.02. The first-order valence-electron chi connectivity index (χ1n) is 5.12. The summed E-state index contributed by atoms with van der Waals surface area (Å²) in [6, 6.07) is 5.65. The van der Waals surface area contributed by atoms with E-state index in [0.29, 0.717) is 6.61 Å². The van der Waals surface area contributed by atoms with Crippen molar-refractivity contribution in [2.45, 2.75) is 32.7 Å². The zero-order valence-corrected chi connectivity index (χ0v) is 10.3. The zero-order chi connectivity index (χ0) is 11.5. The van der Waals surface area contributed by atoms with E-state index in [2.05, 4.69) is 0 Å². The highest BCUT2D eigenvalue weighted by Crippen LogP contribution is 2.25. The van der Waals surface area contributed by atoms with Crippen molar-refractivity contribution in [2.75, 3.05) is 6.61 Å². The van der Waals surface area contributed by atoms with Gasteiger partial charge in [-0.2, -0.15) is 0 Å². The van der Waals surface area contributed by atoms with Gasteiger partial charge in [-0.1, -0.05) is 11.6 Å². The molecule has 2 N–H and O–H groups in total. The van der Waals surface area contributed by atoms with Crippen LogP contribution >= 0.6 is 11.6 Å². The first-order chi connectivity index (χ1) is 6.92. The monoisotopic (exact) mass is 227 g/mol. The van der Waals surface area contributed by atoms with E-state index in [0.717, 1.165) is 22.8 Å². The Balaban J connectivity index is 2.96. The van der Waals surface area contributed by atoms with Crippen LogP contribution < -0.4 is 10.5 Å². The second-order valence-corrected chi connectivity index (χ2v) is 4.79. The van der Waals surface area contributed by atoms with Gasteiger partial charge in [0.2, 0.25) is 0 Å². The van der Waals surface area contributed by atoms with Crippen molar-refractivity contribution in [3.8, 4) is 5.75 Å². The molecule has 0 heterocycles. The average Bonchev–Trinajstić information content (AvgIpc) is 2.07. The molecular formula is C12H18ClNO. The van der Waals surface area contributed by atoms with Gasteiger partial charge in [-0.15, -0.1) is 0 Å². The number of rotatable bonds is 4. The number of nitrogens with two attached hydrogens (primary N) is 1. The maximum atomic E-state index is 5.98. The maximum Gasteiger partial charge on any atom is 0.122 e. The van der Waals surface area contributed by atoms with E-state index >= 15 is 0 Å². The van der Waals surface area contributed by atoms with E-state index < -0.39 is 0 Å². The van der Waals surface area contributed by atoms with Gasteiger partial charge in [0.05, 0.1) is 6.61 Å². The fourth-order valence-corrected chi connectivity index (χ4v) is 1.67. The first kappa shape index (κ1) is 12.3. The summed E-state index contributed by atoms with van der Waals surface area (Å²) in [5.41, 5.74) is 6.80. The van der Waals surface area contributed by atoms with Crippen LogP contribution in [0.1, 0.15) is 26.3 Å². The molecular weight excluding hydrogens is 210 g/mol. The number of benzene rings is 1. The summed E-state index contributed by atoms with van der Waals surface area (Å²) < 4.78 is 5.52. The Morgan fingerprint density at radius 2 is 2.07 bits per heavy atom. The molecule has 1 rings (SSSR count). The van der Waals surface area contributed by atoms with Gasteiger partial charge in [0.15, 0.2) is 0 Å². The minimum atomic E-state index is -0.253. The van der Waals surface area contributed by atoms with Gasteiger partial charge in [-0.25, -0.2) is 0 Å². The maximum absolute atomic E-state index is 5.98. The van der Waals surface area contributed by atoms with Crippen LogP contribution in [-0.4, -0.2) is 12.1 Å². The van der Waals surface area contributed by atoms with Crippen LogP contribution in [0.25, 0.3) is 0 Å². The molecule has 0 atom stereocenters. The SMILES string of the molecule is CCOc1ccc(Cl)cc1CC(C)(C)N. The largest absolute Gasteiger partial charge is 0.494 e. The third-order valence-corrected chi connectivity index (χ3v) is 2.20. The molecule has 1 aromatic rings. The Morgan fingerprint density at radius 1 is 1.40 bits per heavy atom. The standard InChI is InChI=1S/C12H18ClNO/c1-4-15-11-6-5-10(13)7-9(11)8-12(2,3)14/h5-7H,4,8,14H2,1-3H3. The van der Waals surface area contributed by atoms with Crippen molar-refractivity contribution >= 4 is 11.6 Å². The van der Waals surface area contributed by atoms with Crippen LogP contribution in [0, 0.1) is 0 Å². The average molecular weight is 228 g/mol. The molecule has 0 saturated heterocycles. The molecule has 0 aliphatic heterocycles. The van der Waals surface area contributed by atoms with Gasteiger partial charge in [0, 0.05) is 10.6 Å². The molecule has 0 radical (unpaired) electrons. The minimum Gasteiger partial charge on any atom is -0.494 e. The molecule has 0 saturated carbocycles. The Labute approximate surface area is 96.4 Å². The molecule has 0 unspecified atom stereocenters. The van der Waals surface area contributed by atoms with Crippen LogP contribution in [0.4, 0.5) is 0 Å². The predicted molar refractivity (Wildman–Crippen MR) is 64.6 cm³/mol. The number of hydrogen-bond acceptors (Lipinski definition) is 2. The fraction of sp³-hybridized carbons (Fsp3) is 0.500. The van der Waals surface area contributed by atoms with Gasteiger partial charge in [-0.3, -0.25) is 0 Å². The zero-order valence-electron chi connectivity index (χ0n) is 9.51. The molecule has 0 bridgehead atoms. The van der Waals surface area contributed by atoms with Crippen molar-refractivity contribution < 1.29 is 4.74 Å². The van der Waals surface area contributed by atoms with Crippen molar-refractivity contribution in [1.82, 2.24) is 0 Å². The van der Waals surface area contributed by atoms with Crippen LogP contribution in [-0.2, 0) is 6.42 Å². The summed E-state index contributed by atoms with van der Waals surface area (Å²) in [6.45, 7) is 6.60. The molecule has 0 amide bonds. The Kier molecular flexibility index (Phi) is 4.00. The third-order valence-electron chi connectivity index (χ3n) is 1.97. The van der Waals surface area contributed by atoms with Crippen LogP contribution in [0.15, 0.2) is 18.2 Å². The van der Waals surface area contributed by atoms with E-state index in [-0.39, 0.29) is 5.54 Å². The lowest BCUT2D eigenvalue weighted by Gasteiger charge is -2.20. The van der Waals surface area contributed by atoms with Gasteiger partial charge in [0.1, 0.15) is 5.75 Å². The normalized spacial score (nSPS) is 11.5. The highest BCUT2D eigenvalue weighted by atomic mass is 35.5. The summed E-state index contributed by atoms with van der Waals surface area (Å²) in [5, 5.41) is 0.720. The summed E-state index contributed by atoms with van der Waals surface area (Å²) in [5.74, 6) is 0.875. The van der Waals surface area contributed by atoms with Crippen molar-refractivity contribution in [2.24, 2.45) is 5.73 Å². The van der Waals surface area contributed by atoms with Gasteiger partial charge >= 0.3 is 0 Å². The van der Waals surface area contributed by atoms with Crippen LogP contribution in [0.3, 0.4) is 0 Å². The molecule has 3 heteroatoms. The lowest BCUT2D eigenvalue weighted by atomic mass is 9.96. The third kappa shape index (κ3) is 4.10. The quantitative estimate of drug-likeness (QED) is 0.858. The molecule has 2 nitrogen and oxygen atoms in total. The van der Waals surface area contributed by atoms with Crippen molar-refractivity contribution in [1.29, 1.82) is 0 Å². The topological polar surface area (TPSA) is 35.2 Å². The van der Waals surface area contributed by atoms with E-state index in [1.54, 1.807) is 0 Å². The number of hydrogen-bond donors (Lipinski definition) is 1. The molecule has 1 aromatic carbocycles. The summed E-state index contributed by atoms with van der Waals surface area (Å²) in [7, 11) is 0. The molecule has 0 fully saturated rings. The fourth-order valence-electron chi connectivity index (χ4n) is 1.47. The Bertz CT molecular complexity index is 331. The van der Waals surface area contributed by atoms with E-state index in [4.69, 9.17) is 22.1 Å². The second kappa shape index (κ2) is 4.86. The Hall–Kier alpha value is -0.730. The van der Waals surface area contributed by atoms with Gasteiger partial charge in [0.25, 0.3) is 0 Å². The molecule has 0 aliphatic carbocycles. The molecule has 0 aromatic heterocycles. The first-order valence-corrected chi connectivity index (χ1v) is 5.50. The molecule has 0 spiro atoms. The number of ether oxygens (including phenoxy) is 1.